The third-order valence-electron chi connectivity index (χ3n) is 2.78. The van der Waals surface area contributed by atoms with E-state index < -0.39 is 0 Å². The number of hydrogen-bond donors (Lipinski definition) is 0. The van der Waals surface area contributed by atoms with Gasteiger partial charge in [-0.2, -0.15) is 0 Å². The average molecular weight is 309 g/mol. The molecule has 94 valence electrons. The second-order valence-electron chi connectivity index (χ2n) is 4.29. The van der Waals surface area contributed by atoms with Crippen molar-refractivity contribution in [3.63, 3.8) is 0 Å². The fraction of sp³-hybridized carbons (Fsp3) is 0.200. The fourth-order valence-electron chi connectivity index (χ4n) is 1.70. The molecule has 3 heteroatoms. The topological polar surface area (TPSA) is 9.23 Å². The van der Waals surface area contributed by atoms with Gasteiger partial charge in [0.05, 0.1) is 4.47 Å². The van der Waals surface area contributed by atoms with E-state index in [1.165, 1.54) is 23.3 Å². The highest BCUT2D eigenvalue weighted by molar-refractivity contribution is 9.10. The van der Waals surface area contributed by atoms with Gasteiger partial charge in [-0.1, -0.05) is 23.8 Å². The average Bonchev–Trinajstić information content (AvgIpc) is 2.34. The van der Waals surface area contributed by atoms with Gasteiger partial charge in [0.25, 0.3) is 0 Å². The van der Waals surface area contributed by atoms with Crippen LogP contribution >= 0.6 is 15.9 Å². The summed E-state index contributed by atoms with van der Waals surface area (Å²) < 4.78 is 19.5. The molecule has 0 saturated heterocycles. The minimum Gasteiger partial charge on any atom is -0.488 e. The Hall–Kier alpha value is -1.35. The molecule has 0 aliphatic rings. The van der Waals surface area contributed by atoms with Crippen LogP contribution in [0.1, 0.15) is 16.7 Å². The molecule has 0 aliphatic heterocycles. The molecule has 0 heterocycles. The molecule has 0 N–H and O–H groups in total. The van der Waals surface area contributed by atoms with Crippen molar-refractivity contribution in [2.75, 3.05) is 0 Å². The van der Waals surface area contributed by atoms with E-state index in [0.717, 1.165) is 10.0 Å². The van der Waals surface area contributed by atoms with Gasteiger partial charge >= 0.3 is 0 Å². The van der Waals surface area contributed by atoms with Crippen LogP contribution in [-0.4, -0.2) is 0 Å². The molecule has 0 aromatic heterocycles. The van der Waals surface area contributed by atoms with Gasteiger partial charge in [0.15, 0.2) is 0 Å². The first-order valence-corrected chi connectivity index (χ1v) is 6.49. The van der Waals surface area contributed by atoms with E-state index in [9.17, 15) is 4.39 Å². The van der Waals surface area contributed by atoms with Crippen molar-refractivity contribution in [2.45, 2.75) is 20.5 Å². The number of ether oxygens (including phenoxy) is 1. The summed E-state index contributed by atoms with van der Waals surface area (Å²) in [6.45, 7) is 4.52. The van der Waals surface area contributed by atoms with Gasteiger partial charge in [0.1, 0.15) is 18.2 Å². The van der Waals surface area contributed by atoms with Crippen LogP contribution in [0.2, 0.25) is 0 Å². The largest absolute Gasteiger partial charge is 0.488 e. The predicted molar refractivity (Wildman–Crippen MR) is 74.3 cm³/mol. The van der Waals surface area contributed by atoms with Gasteiger partial charge < -0.3 is 4.74 Å². The van der Waals surface area contributed by atoms with Crippen molar-refractivity contribution in [1.29, 1.82) is 0 Å². The van der Waals surface area contributed by atoms with Crippen LogP contribution < -0.4 is 4.74 Å². The Kier molecular flexibility index (Phi) is 4.02. The summed E-state index contributed by atoms with van der Waals surface area (Å²) in [5, 5.41) is 0. The zero-order valence-corrected chi connectivity index (χ0v) is 11.9. The molecule has 0 saturated carbocycles. The maximum absolute atomic E-state index is 13.1. The summed E-state index contributed by atoms with van der Waals surface area (Å²) in [6, 6.07) is 10.6. The van der Waals surface area contributed by atoms with Gasteiger partial charge in [0, 0.05) is 6.07 Å². The molecule has 0 radical (unpaired) electrons. The van der Waals surface area contributed by atoms with Crippen molar-refractivity contribution in [3.8, 4) is 5.75 Å². The summed E-state index contributed by atoms with van der Waals surface area (Å²) in [7, 11) is 0. The van der Waals surface area contributed by atoms with E-state index in [-0.39, 0.29) is 5.82 Å². The lowest BCUT2D eigenvalue weighted by atomic mass is 10.1. The van der Waals surface area contributed by atoms with E-state index in [2.05, 4.69) is 34.1 Å². The number of halogens is 2. The predicted octanol–water partition coefficient (Wildman–Crippen LogP) is 4.78. The Balaban J connectivity index is 2.16. The van der Waals surface area contributed by atoms with Gasteiger partial charge in [-0.3, -0.25) is 0 Å². The van der Waals surface area contributed by atoms with Crippen LogP contribution in [0.4, 0.5) is 4.39 Å². The molecule has 2 rings (SSSR count). The number of aryl methyl sites for hydroxylation is 2. The third kappa shape index (κ3) is 3.10. The maximum atomic E-state index is 13.1. The molecule has 2 aromatic rings. The summed E-state index contributed by atoms with van der Waals surface area (Å²) in [6.07, 6.45) is 0. The van der Waals surface area contributed by atoms with Crippen molar-refractivity contribution in [1.82, 2.24) is 0 Å². The summed E-state index contributed by atoms with van der Waals surface area (Å²) >= 11 is 3.35. The molecule has 0 bridgehead atoms. The van der Waals surface area contributed by atoms with Crippen LogP contribution in [-0.2, 0) is 6.61 Å². The van der Waals surface area contributed by atoms with Gasteiger partial charge in [-0.05, 0) is 53.0 Å². The van der Waals surface area contributed by atoms with E-state index in [4.69, 9.17) is 4.74 Å². The summed E-state index contributed by atoms with van der Waals surface area (Å²) in [4.78, 5) is 0. The normalized spacial score (nSPS) is 10.4. The second-order valence-corrected chi connectivity index (χ2v) is 5.15. The molecule has 0 spiro atoms. The van der Waals surface area contributed by atoms with Crippen LogP contribution in [0.15, 0.2) is 40.9 Å². The van der Waals surface area contributed by atoms with Gasteiger partial charge in [-0.25, -0.2) is 4.39 Å². The highest BCUT2D eigenvalue weighted by Crippen LogP contribution is 2.26. The van der Waals surface area contributed by atoms with Gasteiger partial charge in [-0.15, -0.1) is 0 Å². The molecule has 0 amide bonds. The first-order chi connectivity index (χ1) is 8.56. The number of hydrogen-bond acceptors (Lipinski definition) is 1. The molecule has 2 aromatic carbocycles. The van der Waals surface area contributed by atoms with Crippen molar-refractivity contribution < 1.29 is 9.13 Å². The van der Waals surface area contributed by atoms with Crippen molar-refractivity contribution in [2.24, 2.45) is 0 Å². The molecule has 0 fully saturated rings. The van der Waals surface area contributed by atoms with E-state index in [0.29, 0.717) is 12.4 Å². The fourth-order valence-corrected chi connectivity index (χ4v) is 2.06. The van der Waals surface area contributed by atoms with Crippen LogP contribution in [0.5, 0.6) is 5.75 Å². The highest BCUT2D eigenvalue weighted by atomic mass is 79.9. The lowest BCUT2D eigenvalue weighted by molar-refractivity contribution is 0.302. The minimum atomic E-state index is -0.297. The van der Waals surface area contributed by atoms with Crippen molar-refractivity contribution in [3.05, 3.63) is 63.4 Å². The smallest absolute Gasteiger partial charge is 0.136 e. The zero-order chi connectivity index (χ0) is 13.1. The lowest BCUT2D eigenvalue weighted by Crippen LogP contribution is -1.99. The first-order valence-electron chi connectivity index (χ1n) is 5.70. The Morgan fingerprint density at radius 2 is 1.89 bits per heavy atom. The number of rotatable bonds is 3. The van der Waals surface area contributed by atoms with E-state index >= 15 is 0 Å². The molecule has 1 nitrogen and oxygen atoms in total. The molecule has 18 heavy (non-hydrogen) atoms. The zero-order valence-electron chi connectivity index (χ0n) is 10.3. The monoisotopic (exact) mass is 308 g/mol. The Morgan fingerprint density at radius 3 is 2.67 bits per heavy atom. The molecule has 0 unspecified atom stereocenters. The van der Waals surface area contributed by atoms with Crippen LogP contribution in [0.25, 0.3) is 0 Å². The first kappa shape index (κ1) is 13.1. The van der Waals surface area contributed by atoms with Crippen LogP contribution in [0, 0.1) is 19.7 Å². The lowest BCUT2D eigenvalue weighted by Gasteiger charge is -2.11. The Labute approximate surface area is 115 Å². The number of benzene rings is 2. The minimum absolute atomic E-state index is 0.297. The van der Waals surface area contributed by atoms with Gasteiger partial charge in [0.2, 0.25) is 0 Å². The summed E-state index contributed by atoms with van der Waals surface area (Å²) in [5.74, 6) is 0.227. The summed E-state index contributed by atoms with van der Waals surface area (Å²) in [5.41, 5.74) is 3.48. The molecular formula is C15H14BrFO. The molecule has 0 atom stereocenters. The van der Waals surface area contributed by atoms with Crippen molar-refractivity contribution >= 4 is 15.9 Å². The highest BCUT2D eigenvalue weighted by Gasteiger charge is 2.05. The van der Waals surface area contributed by atoms with E-state index in [1.54, 1.807) is 6.07 Å². The third-order valence-corrected chi connectivity index (χ3v) is 3.44. The Morgan fingerprint density at radius 1 is 1.11 bits per heavy atom. The quantitative estimate of drug-likeness (QED) is 0.792. The van der Waals surface area contributed by atoms with E-state index in [1.807, 2.05) is 13.8 Å². The second kappa shape index (κ2) is 5.53. The Bertz CT molecular complexity index is 515. The standard InChI is InChI=1S/C15H14BrFO/c1-10-3-4-11(2)12(7-10)9-18-15-8-13(17)5-6-14(15)16/h3-8H,9H2,1-2H3. The maximum Gasteiger partial charge on any atom is 0.136 e. The molecular weight excluding hydrogens is 295 g/mol. The molecule has 0 aliphatic carbocycles. The van der Waals surface area contributed by atoms with Crippen LogP contribution in [0.3, 0.4) is 0 Å². The SMILES string of the molecule is Cc1ccc(C)c(COc2cc(F)ccc2Br)c1.